The summed E-state index contributed by atoms with van der Waals surface area (Å²) in [5.41, 5.74) is 5.24. The fraction of sp³-hybridized carbons (Fsp3) is 0.296. The highest BCUT2D eigenvalue weighted by Crippen LogP contribution is 2.44. The molecular formula is C27H29N5O2S. The lowest BCUT2D eigenvalue weighted by Gasteiger charge is -2.35. The van der Waals surface area contributed by atoms with Gasteiger partial charge in [0.15, 0.2) is 0 Å². The SMILES string of the molecule is CCNC(=O)N1CCN(C(=O)/C(C#N)=C2\SC=C(c3ccc(C)cc3)N2c2ccc(C)cc2)CC1. The van der Waals surface area contributed by atoms with Gasteiger partial charge in [0.2, 0.25) is 0 Å². The molecule has 2 heterocycles. The van der Waals surface area contributed by atoms with Gasteiger partial charge in [-0.05, 0) is 38.5 Å². The van der Waals surface area contributed by atoms with Crippen LogP contribution in [-0.4, -0.2) is 54.5 Å². The number of thioether (sulfide) groups is 1. The Morgan fingerprint density at radius 2 is 1.51 bits per heavy atom. The molecule has 4 rings (SSSR count). The van der Waals surface area contributed by atoms with Gasteiger partial charge in [0.25, 0.3) is 5.91 Å². The second-order valence-corrected chi connectivity index (χ2v) is 9.42. The first-order valence-corrected chi connectivity index (χ1v) is 12.6. The van der Waals surface area contributed by atoms with Crippen LogP contribution in [0.2, 0.25) is 0 Å². The molecule has 0 bridgehead atoms. The molecule has 35 heavy (non-hydrogen) atoms. The Morgan fingerprint density at radius 3 is 2.09 bits per heavy atom. The minimum Gasteiger partial charge on any atom is -0.338 e. The zero-order valence-electron chi connectivity index (χ0n) is 20.2. The van der Waals surface area contributed by atoms with Gasteiger partial charge in [-0.3, -0.25) is 4.79 Å². The molecule has 0 spiro atoms. The van der Waals surface area contributed by atoms with E-state index in [1.54, 1.807) is 9.80 Å². The van der Waals surface area contributed by atoms with Crippen molar-refractivity contribution in [1.29, 1.82) is 5.26 Å². The molecule has 0 atom stereocenters. The number of anilines is 1. The zero-order valence-corrected chi connectivity index (χ0v) is 21.1. The van der Waals surface area contributed by atoms with Gasteiger partial charge >= 0.3 is 6.03 Å². The summed E-state index contributed by atoms with van der Waals surface area (Å²) in [5.74, 6) is -0.304. The third kappa shape index (κ3) is 5.20. The zero-order chi connectivity index (χ0) is 24.9. The highest BCUT2D eigenvalue weighted by Gasteiger charge is 2.33. The number of piperazine rings is 1. The number of urea groups is 1. The summed E-state index contributed by atoms with van der Waals surface area (Å²) in [6, 6.07) is 18.4. The van der Waals surface area contributed by atoms with Gasteiger partial charge in [0, 0.05) is 43.8 Å². The predicted octanol–water partition coefficient (Wildman–Crippen LogP) is 4.46. The van der Waals surface area contributed by atoms with Crippen LogP contribution in [0.5, 0.6) is 0 Å². The Labute approximate surface area is 210 Å². The number of aryl methyl sites for hydroxylation is 2. The number of amides is 3. The number of nitrogens with zero attached hydrogens (tertiary/aromatic N) is 4. The maximum Gasteiger partial charge on any atom is 0.317 e. The molecule has 1 N–H and O–H groups in total. The molecule has 0 radical (unpaired) electrons. The standard InChI is InChI=1S/C27H29N5O2S/c1-4-29-27(34)31-15-13-30(14-16-31)25(33)23(17-28)26-32(22-11-7-20(3)8-12-22)24(18-35-26)21-9-5-19(2)6-10-21/h5-12,18H,4,13-16H2,1-3H3,(H,29,34)/b26-23-. The van der Waals surface area contributed by atoms with Crippen LogP contribution in [-0.2, 0) is 4.79 Å². The quantitative estimate of drug-likeness (QED) is 0.509. The van der Waals surface area contributed by atoms with Crippen LogP contribution >= 0.6 is 11.8 Å². The Kier molecular flexibility index (Phi) is 7.47. The monoisotopic (exact) mass is 487 g/mol. The third-order valence-corrected chi connectivity index (χ3v) is 7.04. The van der Waals surface area contributed by atoms with Gasteiger partial charge in [0.1, 0.15) is 16.7 Å². The Morgan fingerprint density at radius 1 is 0.943 bits per heavy atom. The molecule has 180 valence electrons. The number of benzene rings is 2. The van der Waals surface area contributed by atoms with Crippen molar-refractivity contribution in [1.82, 2.24) is 15.1 Å². The summed E-state index contributed by atoms with van der Waals surface area (Å²) in [4.78, 5) is 31.0. The molecule has 1 fully saturated rings. The van der Waals surface area contributed by atoms with E-state index in [1.807, 2.05) is 55.3 Å². The molecule has 8 heteroatoms. The summed E-state index contributed by atoms with van der Waals surface area (Å²) in [5, 5.41) is 15.5. The number of carbonyl (C=O) groups excluding carboxylic acids is 2. The van der Waals surface area contributed by atoms with Crippen LogP contribution in [0.4, 0.5) is 10.5 Å². The van der Waals surface area contributed by atoms with E-state index in [4.69, 9.17) is 0 Å². The number of carbonyl (C=O) groups is 2. The normalized spacial score (nSPS) is 17.1. The van der Waals surface area contributed by atoms with E-state index in [0.717, 1.165) is 28.1 Å². The summed E-state index contributed by atoms with van der Waals surface area (Å²) >= 11 is 1.39. The van der Waals surface area contributed by atoms with Crippen LogP contribution in [0, 0.1) is 25.2 Å². The lowest BCUT2D eigenvalue weighted by atomic mass is 10.1. The van der Waals surface area contributed by atoms with E-state index in [2.05, 4.69) is 35.7 Å². The highest BCUT2D eigenvalue weighted by molar-refractivity contribution is 8.06. The van der Waals surface area contributed by atoms with Crippen molar-refractivity contribution in [2.24, 2.45) is 0 Å². The molecule has 0 aromatic heterocycles. The number of hydrogen-bond donors (Lipinski definition) is 1. The van der Waals surface area contributed by atoms with Crippen LogP contribution in [0.3, 0.4) is 0 Å². The van der Waals surface area contributed by atoms with E-state index in [9.17, 15) is 14.9 Å². The van der Waals surface area contributed by atoms with Crippen LogP contribution in [0.15, 0.2) is 64.5 Å². The van der Waals surface area contributed by atoms with Crippen molar-refractivity contribution >= 4 is 35.1 Å². The molecule has 1 saturated heterocycles. The summed E-state index contributed by atoms with van der Waals surface area (Å²) in [6.07, 6.45) is 0. The third-order valence-electron chi connectivity index (χ3n) is 6.09. The van der Waals surface area contributed by atoms with Crippen LogP contribution in [0.25, 0.3) is 5.70 Å². The molecular weight excluding hydrogens is 458 g/mol. The lowest BCUT2D eigenvalue weighted by molar-refractivity contribution is -0.128. The van der Waals surface area contributed by atoms with Gasteiger partial charge in [-0.15, -0.1) is 0 Å². The fourth-order valence-corrected chi connectivity index (χ4v) is 5.11. The average Bonchev–Trinajstić information content (AvgIpc) is 3.30. The smallest absolute Gasteiger partial charge is 0.317 e. The van der Waals surface area contributed by atoms with Gasteiger partial charge in [0.05, 0.1) is 5.70 Å². The minimum absolute atomic E-state index is 0.111. The number of hydrogen-bond acceptors (Lipinski definition) is 5. The van der Waals surface area contributed by atoms with Gasteiger partial charge in [-0.1, -0.05) is 59.3 Å². The average molecular weight is 488 g/mol. The summed E-state index contributed by atoms with van der Waals surface area (Å²) < 4.78 is 0. The number of nitrogens with one attached hydrogen (secondary N) is 1. The lowest BCUT2D eigenvalue weighted by Crippen LogP contribution is -2.53. The topological polar surface area (TPSA) is 79.7 Å². The molecule has 3 amide bonds. The maximum atomic E-state index is 13.5. The summed E-state index contributed by atoms with van der Waals surface area (Å²) in [6.45, 7) is 8.17. The fourth-order valence-electron chi connectivity index (χ4n) is 4.09. The van der Waals surface area contributed by atoms with Crippen molar-refractivity contribution in [3.05, 3.63) is 81.2 Å². The molecule has 0 unspecified atom stereocenters. The van der Waals surface area contributed by atoms with E-state index in [0.29, 0.717) is 37.8 Å². The molecule has 2 aromatic carbocycles. The van der Waals surface area contributed by atoms with Crippen molar-refractivity contribution in [3.8, 4) is 6.07 Å². The highest BCUT2D eigenvalue weighted by atomic mass is 32.2. The summed E-state index contributed by atoms with van der Waals surface area (Å²) in [7, 11) is 0. The van der Waals surface area contributed by atoms with Crippen LogP contribution in [0.1, 0.15) is 23.6 Å². The van der Waals surface area contributed by atoms with Gasteiger partial charge in [-0.25, -0.2) is 4.79 Å². The van der Waals surface area contributed by atoms with Gasteiger partial charge < -0.3 is 20.0 Å². The first-order chi connectivity index (χ1) is 16.9. The Bertz CT molecular complexity index is 1200. The molecule has 0 aliphatic carbocycles. The molecule has 2 aliphatic rings. The molecule has 2 aromatic rings. The molecule has 7 nitrogen and oxygen atoms in total. The second kappa shape index (κ2) is 10.7. The van der Waals surface area contributed by atoms with Crippen molar-refractivity contribution in [3.63, 3.8) is 0 Å². The minimum atomic E-state index is -0.304. The number of rotatable bonds is 4. The van der Waals surface area contributed by atoms with E-state index in [1.165, 1.54) is 11.8 Å². The predicted molar refractivity (Wildman–Crippen MR) is 140 cm³/mol. The van der Waals surface area contributed by atoms with Crippen LogP contribution < -0.4 is 10.2 Å². The van der Waals surface area contributed by atoms with Crippen molar-refractivity contribution in [2.75, 3.05) is 37.6 Å². The largest absolute Gasteiger partial charge is 0.338 e. The van der Waals surface area contributed by atoms with E-state index in [-0.39, 0.29) is 17.5 Å². The Balaban J connectivity index is 1.65. The number of nitriles is 1. The van der Waals surface area contributed by atoms with Crippen molar-refractivity contribution < 1.29 is 9.59 Å². The molecule has 2 aliphatic heterocycles. The van der Waals surface area contributed by atoms with Crippen molar-refractivity contribution in [2.45, 2.75) is 20.8 Å². The first-order valence-electron chi connectivity index (χ1n) is 11.7. The van der Waals surface area contributed by atoms with E-state index < -0.39 is 0 Å². The first kappa shape index (κ1) is 24.4. The maximum absolute atomic E-state index is 13.5. The Hall–Kier alpha value is -3.70. The second-order valence-electron chi connectivity index (χ2n) is 8.56. The van der Waals surface area contributed by atoms with Gasteiger partial charge in [-0.2, -0.15) is 5.26 Å². The van der Waals surface area contributed by atoms with E-state index >= 15 is 0 Å². The molecule has 0 saturated carbocycles.